The number of amides is 1. The largest absolute Gasteiger partial charge is 0.335 e. The van der Waals surface area contributed by atoms with Gasteiger partial charge in [-0.15, -0.1) is 5.10 Å². The van der Waals surface area contributed by atoms with Crippen molar-refractivity contribution >= 4 is 17.5 Å². The Labute approximate surface area is 174 Å². The summed E-state index contributed by atoms with van der Waals surface area (Å²) in [4.78, 5) is 21.4. The molecule has 29 heavy (non-hydrogen) atoms. The molecule has 1 fully saturated rings. The summed E-state index contributed by atoms with van der Waals surface area (Å²) in [5.74, 6) is -0.0796. The van der Waals surface area contributed by atoms with Gasteiger partial charge in [-0.1, -0.05) is 41.1 Å². The molecule has 150 valence electrons. The van der Waals surface area contributed by atoms with Gasteiger partial charge < -0.3 is 4.90 Å². The number of carbonyl (C=O) groups excluding carboxylic acids is 1. The lowest BCUT2D eigenvalue weighted by molar-refractivity contribution is 0.0621. The topological polar surface area (TPSA) is 67.2 Å². The van der Waals surface area contributed by atoms with Gasteiger partial charge in [0.15, 0.2) is 5.69 Å². The van der Waals surface area contributed by atoms with Crippen molar-refractivity contribution in [1.29, 1.82) is 0 Å². The summed E-state index contributed by atoms with van der Waals surface area (Å²) in [5, 5.41) is 8.84. The molecule has 1 aliphatic heterocycles. The molecular formula is C21H23ClN6O. The molecule has 1 aliphatic rings. The molecule has 8 heteroatoms. The van der Waals surface area contributed by atoms with Crippen molar-refractivity contribution in [3.63, 3.8) is 0 Å². The van der Waals surface area contributed by atoms with Gasteiger partial charge in [-0.25, -0.2) is 4.68 Å². The second-order valence-electron chi connectivity index (χ2n) is 7.23. The molecule has 0 aliphatic carbocycles. The molecular weight excluding hydrogens is 388 g/mol. The average Bonchev–Trinajstić information content (AvgIpc) is 3.20. The van der Waals surface area contributed by atoms with Crippen LogP contribution in [0, 0.1) is 6.92 Å². The third kappa shape index (κ3) is 4.63. The molecule has 7 nitrogen and oxygen atoms in total. The van der Waals surface area contributed by atoms with Crippen LogP contribution in [0.5, 0.6) is 0 Å². The minimum absolute atomic E-state index is 0.0796. The van der Waals surface area contributed by atoms with Gasteiger partial charge in [0, 0.05) is 43.9 Å². The van der Waals surface area contributed by atoms with Crippen LogP contribution in [0.4, 0.5) is 0 Å². The Bertz CT molecular complexity index is 996. The minimum atomic E-state index is -0.0796. The summed E-state index contributed by atoms with van der Waals surface area (Å²) in [6, 6.07) is 11.6. The van der Waals surface area contributed by atoms with Crippen molar-refractivity contribution in [1.82, 2.24) is 29.8 Å². The highest BCUT2D eigenvalue weighted by Gasteiger charge is 2.24. The van der Waals surface area contributed by atoms with Crippen molar-refractivity contribution in [2.45, 2.75) is 20.0 Å². The van der Waals surface area contributed by atoms with Crippen LogP contribution in [-0.4, -0.2) is 61.9 Å². The van der Waals surface area contributed by atoms with Crippen molar-refractivity contribution in [3.05, 3.63) is 76.3 Å². The smallest absolute Gasteiger partial charge is 0.276 e. The highest BCUT2D eigenvalue weighted by atomic mass is 35.5. The van der Waals surface area contributed by atoms with Gasteiger partial charge in [0.1, 0.15) is 0 Å². The first-order valence-electron chi connectivity index (χ1n) is 9.66. The van der Waals surface area contributed by atoms with Crippen LogP contribution < -0.4 is 0 Å². The third-order valence-corrected chi connectivity index (χ3v) is 5.57. The standard InChI is InChI=1S/C21H23ClN6O/c1-16-5-4-8-23-19(16)14-26-9-11-27(12-10-26)21(29)20-15-28(25-24-20)13-17-6-2-3-7-18(17)22/h2-8,15H,9-14H2,1H3. The molecule has 0 bridgehead atoms. The van der Waals surface area contributed by atoms with Crippen molar-refractivity contribution < 1.29 is 4.79 Å². The van der Waals surface area contributed by atoms with Gasteiger partial charge >= 0.3 is 0 Å². The summed E-state index contributed by atoms with van der Waals surface area (Å²) >= 11 is 6.20. The fraction of sp³-hybridized carbons (Fsp3) is 0.333. The number of rotatable bonds is 5. The Balaban J connectivity index is 1.33. The fourth-order valence-electron chi connectivity index (χ4n) is 3.44. The lowest BCUT2D eigenvalue weighted by Crippen LogP contribution is -2.48. The van der Waals surface area contributed by atoms with E-state index in [4.69, 9.17) is 11.6 Å². The second-order valence-corrected chi connectivity index (χ2v) is 7.64. The predicted octanol–water partition coefficient (Wildman–Crippen LogP) is 2.64. The average molecular weight is 411 g/mol. The first kappa shape index (κ1) is 19.5. The summed E-state index contributed by atoms with van der Waals surface area (Å²) in [5.41, 5.74) is 3.60. The van der Waals surface area contributed by atoms with Gasteiger partial charge in [0.05, 0.1) is 18.4 Å². The Morgan fingerprint density at radius 2 is 1.86 bits per heavy atom. The summed E-state index contributed by atoms with van der Waals surface area (Å²) in [7, 11) is 0. The maximum atomic E-state index is 12.8. The van der Waals surface area contributed by atoms with E-state index in [1.54, 1.807) is 10.9 Å². The SMILES string of the molecule is Cc1cccnc1CN1CCN(C(=O)c2cn(Cc3ccccc3Cl)nn2)CC1. The zero-order valence-corrected chi connectivity index (χ0v) is 17.1. The Hall–Kier alpha value is -2.77. The molecule has 1 amide bonds. The lowest BCUT2D eigenvalue weighted by atomic mass is 10.2. The molecule has 4 rings (SSSR count). The zero-order valence-electron chi connectivity index (χ0n) is 16.3. The number of hydrogen-bond donors (Lipinski definition) is 0. The molecule has 1 aromatic carbocycles. The van der Waals surface area contributed by atoms with E-state index in [1.807, 2.05) is 41.4 Å². The van der Waals surface area contributed by atoms with E-state index in [1.165, 1.54) is 5.56 Å². The first-order valence-corrected chi connectivity index (χ1v) is 10.0. The van der Waals surface area contributed by atoms with Crippen LogP contribution in [0.3, 0.4) is 0 Å². The quantitative estimate of drug-likeness (QED) is 0.646. The van der Waals surface area contributed by atoms with Crippen LogP contribution in [0.15, 0.2) is 48.8 Å². The summed E-state index contributed by atoms with van der Waals surface area (Å²) < 4.78 is 1.65. The number of carbonyl (C=O) groups is 1. The molecule has 2 aromatic heterocycles. The van der Waals surface area contributed by atoms with Gasteiger partial charge in [0.25, 0.3) is 5.91 Å². The Morgan fingerprint density at radius 3 is 2.62 bits per heavy atom. The number of aromatic nitrogens is 4. The minimum Gasteiger partial charge on any atom is -0.335 e. The number of benzene rings is 1. The molecule has 0 saturated carbocycles. The molecule has 0 atom stereocenters. The number of hydrogen-bond acceptors (Lipinski definition) is 5. The van der Waals surface area contributed by atoms with E-state index in [9.17, 15) is 4.79 Å². The van der Waals surface area contributed by atoms with E-state index in [0.717, 1.165) is 30.9 Å². The summed E-state index contributed by atoms with van der Waals surface area (Å²) in [6.45, 7) is 6.34. The highest BCUT2D eigenvalue weighted by molar-refractivity contribution is 6.31. The third-order valence-electron chi connectivity index (χ3n) is 5.20. The molecule has 0 radical (unpaired) electrons. The van der Waals surface area contributed by atoms with E-state index in [-0.39, 0.29) is 5.91 Å². The van der Waals surface area contributed by atoms with E-state index in [2.05, 4.69) is 33.2 Å². The van der Waals surface area contributed by atoms with Crippen molar-refractivity contribution in [3.8, 4) is 0 Å². The van der Waals surface area contributed by atoms with E-state index < -0.39 is 0 Å². The maximum Gasteiger partial charge on any atom is 0.276 e. The predicted molar refractivity (Wildman–Crippen MR) is 111 cm³/mol. The molecule has 1 saturated heterocycles. The van der Waals surface area contributed by atoms with Crippen molar-refractivity contribution in [2.24, 2.45) is 0 Å². The molecule has 0 spiro atoms. The van der Waals surface area contributed by atoms with Crippen molar-refractivity contribution in [2.75, 3.05) is 26.2 Å². The monoisotopic (exact) mass is 410 g/mol. The van der Waals surface area contributed by atoms with E-state index >= 15 is 0 Å². The molecule has 0 N–H and O–H groups in total. The number of aryl methyl sites for hydroxylation is 1. The maximum absolute atomic E-state index is 12.8. The van der Waals surface area contributed by atoms with Gasteiger partial charge in [-0.2, -0.15) is 0 Å². The lowest BCUT2D eigenvalue weighted by Gasteiger charge is -2.34. The number of pyridine rings is 1. The zero-order chi connectivity index (χ0) is 20.2. The van der Waals surface area contributed by atoms with Crippen LogP contribution in [-0.2, 0) is 13.1 Å². The number of halogens is 1. The van der Waals surface area contributed by atoms with Crippen LogP contribution in [0.1, 0.15) is 27.3 Å². The molecule has 3 heterocycles. The first-order chi connectivity index (χ1) is 14.1. The number of nitrogens with zero attached hydrogens (tertiary/aromatic N) is 6. The van der Waals surface area contributed by atoms with Crippen LogP contribution in [0.25, 0.3) is 0 Å². The van der Waals surface area contributed by atoms with Crippen LogP contribution in [0.2, 0.25) is 5.02 Å². The second kappa shape index (κ2) is 8.71. The fourth-order valence-corrected chi connectivity index (χ4v) is 3.64. The Kier molecular flexibility index (Phi) is 5.87. The van der Waals surface area contributed by atoms with Gasteiger partial charge in [-0.3, -0.25) is 14.7 Å². The van der Waals surface area contributed by atoms with Gasteiger partial charge in [-0.05, 0) is 30.2 Å². The van der Waals surface area contributed by atoms with Gasteiger partial charge in [0.2, 0.25) is 0 Å². The highest BCUT2D eigenvalue weighted by Crippen LogP contribution is 2.16. The molecule has 3 aromatic rings. The van der Waals surface area contributed by atoms with Crippen LogP contribution >= 0.6 is 11.6 Å². The summed E-state index contributed by atoms with van der Waals surface area (Å²) in [6.07, 6.45) is 3.52. The normalized spacial score (nSPS) is 14.9. The number of piperazine rings is 1. The van der Waals surface area contributed by atoms with E-state index in [0.29, 0.717) is 30.4 Å². The molecule has 0 unspecified atom stereocenters. The Morgan fingerprint density at radius 1 is 1.07 bits per heavy atom.